The number of nitrogens with zero attached hydrogens (tertiary/aromatic N) is 4. The summed E-state index contributed by atoms with van der Waals surface area (Å²) in [7, 11) is 0. The van der Waals surface area contributed by atoms with Gasteiger partial charge < -0.3 is 15.4 Å². The third kappa shape index (κ3) is 2.93. The number of carbonyl (C=O) groups is 1. The molecule has 0 aliphatic rings. The fourth-order valence-electron chi connectivity index (χ4n) is 2.05. The summed E-state index contributed by atoms with van der Waals surface area (Å²) in [4.78, 5) is 22.1. The first-order chi connectivity index (χ1) is 10.3. The molecule has 9 nitrogen and oxygen atoms in total. The molecule has 0 aliphatic carbocycles. The van der Waals surface area contributed by atoms with Gasteiger partial charge in [0.05, 0.1) is 11.7 Å². The van der Waals surface area contributed by atoms with Crippen LogP contribution in [0.4, 0.5) is 5.82 Å². The highest BCUT2D eigenvalue weighted by Gasteiger charge is 2.26. The number of aromatic amines is 1. The topological polar surface area (TPSA) is 119 Å². The van der Waals surface area contributed by atoms with Crippen LogP contribution in [0.5, 0.6) is 0 Å². The lowest BCUT2D eigenvalue weighted by atomic mass is 10.1. The Kier molecular flexibility index (Phi) is 4.45. The van der Waals surface area contributed by atoms with Crippen LogP contribution >= 0.6 is 11.6 Å². The predicted octanol–water partition coefficient (Wildman–Crippen LogP) is 1.99. The van der Waals surface area contributed by atoms with Crippen LogP contribution in [0.1, 0.15) is 41.6 Å². The summed E-state index contributed by atoms with van der Waals surface area (Å²) in [5, 5.41) is 23.1. The number of hydrogen-bond acceptors (Lipinski definition) is 5. The molecule has 0 fully saturated rings. The number of aryl methyl sites for hydroxylation is 2. The highest BCUT2D eigenvalue weighted by Crippen LogP contribution is 2.25. The number of rotatable bonds is 5. The van der Waals surface area contributed by atoms with Crippen molar-refractivity contribution >= 4 is 23.3 Å². The lowest BCUT2D eigenvalue weighted by Gasteiger charge is -2.11. The maximum Gasteiger partial charge on any atom is 0.362 e. The Morgan fingerprint density at radius 1 is 1.64 bits per heavy atom. The van der Waals surface area contributed by atoms with Crippen molar-refractivity contribution in [3.05, 3.63) is 38.3 Å². The maximum absolute atomic E-state index is 12.1. The summed E-state index contributed by atoms with van der Waals surface area (Å²) in [6, 6.07) is -0.334. The Balaban J connectivity index is 2.17. The van der Waals surface area contributed by atoms with Crippen LogP contribution in [0.3, 0.4) is 0 Å². The van der Waals surface area contributed by atoms with Gasteiger partial charge in [-0.05, 0) is 25.7 Å². The molecule has 0 unspecified atom stereocenters. The Hall–Kier alpha value is -2.42. The molecular formula is C12H15ClN6O3. The summed E-state index contributed by atoms with van der Waals surface area (Å²) >= 11 is 5.79. The van der Waals surface area contributed by atoms with Gasteiger partial charge in [0.2, 0.25) is 0 Å². The molecule has 1 amide bonds. The fraction of sp³-hybridized carbons (Fsp3) is 0.417. The number of hydrogen-bond donors (Lipinski definition) is 2. The Bertz CT molecular complexity index is 723. The minimum atomic E-state index is -0.731. The standard InChI is InChI=1S/C12H15ClN6O3/c1-4-18-5-8(7(3)17-18)6(2)14-12(20)10-9(13)11(16-15-10)19(21)22/h5-6H,4H2,1-3H3,(H,14,20)(H,15,16)/t6-/m0/s1. The summed E-state index contributed by atoms with van der Waals surface area (Å²) in [5.74, 6) is -1.10. The molecule has 0 aromatic carbocycles. The van der Waals surface area contributed by atoms with Crippen LogP contribution in [0.25, 0.3) is 0 Å². The summed E-state index contributed by atoms with van der Waals surface area (Å²) < 4.78 is 1.76. The number of H-pyrrole nitrogens is 1. The van der Waals surface area contributed by atoms with Crippen LogP contribution < -0.4 is 5.32 Å². The number of nitrogens with one attached hydrogen (secondary N) is 2. The Labute approximate surface area is 130 Å². The minimum absolute atomic E-state index is 0.208. The van der Waals surface area contributed by atoms with E-state index in [-0.39, 0.29) is 16.8 Å². The number of aromatic nitrogens is 4. The average molecular weight is 327 g/mol. The van der Waals surface area contributed by atoms with Crippen molar-refractivity contribution < 1.29 is 9.72 Å². The van der Waals surface area contributed by atoms with E-state index in [1.54, 1.807) is 11.6 Å². The summed E-state index contributed by atoms with van der Waals surface area (Å²) in [6.45, 7) is 6.31. The summed E-state index contributed by atoms with van der Waals surface area (Å²) in [5.41, 5.74) is 1.45. The third-order valence-corrected chi connectivity index (χ3v) is 3.57. The first-order valence-corrected chi connectivity index (χ1v) is 6.96. The van der Waals surface area contributed by atoms with E-state index in [0.29, 0.717) is 0 Å². The van der Waals surface area contributed by atoms with E-state index in [2.05, 4.69) is 20.6 Å². The first-order valence-electron chi connectivity index (χ1n) is 6.58. The van der Waals surface area contributed by atoms with Crippen molar-refractivity contribution in [3.8, 4) is 0 Å². The third-order valence-electron chi connectivity index (χ3n) is 3.21. The number of halogens is 1. The van der Waals surface area contributed by atoms with E-state index in [4.69, 9.17) is 11.6 Å². The van der Waals surface area contributed by atoms with Crippen molar-refractivity contribution in [1.29, 1.82) is 0 Å². The SMILES string of the molecule is CCn1cc([C@H](C)NC(=O)c2n[nH]c([N+](=O)[O-])c2Cl)c(C)n1. The summed E-state index contributed by atoms with van der Waals surface area (Å²) in [6.07, 6.45) is 1.84. The van der Waals surface area contributed by atoms with Crippen molar-refractivity contribution in [2.24, 2.45) is 0 Å². The molecule has 10 heteroatoms. The molecule has 2 aromatic heterocycles. The highest BCUT2D eigenvalue weighted by molar-refractivity contribution is 6.35. The molecule has 2 rings (SSSR count). The van der Waals surface area contributed by atoms with Gasteiger partial charge in [-0.3, -0.25) is 9.48 Å². The second-order valence-corrected chi connectivity index (χ2v) is 5.09. The molecule has 0 spiro atoms. The first kappa shape index (κ1) is 16.0. The molecule has 22 heavy (non-hydrogen) atoms. The number of amides is 1. The highest BCUT2D eigenvalue weighted by atomic mass is 35.5. The average Bonchev–Trinajstić information content (AvgIpc) is 3.01. The molecular weight excluding hydrogens is 312 g/mol. The lowest BCUT2D eigenvalue weighted by molar-refractivity contribution is -0.389. The smallest absolute Gasteiger partial charge is 0.358 e. The molecule has 2 aromatic rings. The number of nitro groups is 1. The van der Waals surface area contributed by atoms with E-state index < -0.39 is 16.6 Å². The minimum Gasteiger partial charge on any atom is -0.358 e. The molecule has 0 bridgehead atoms. The van der Waals surface area contributed by atoms with Gasteiger partial charge in [-0.25, -0.2) is 0 Å². The van der Waals surface area contributed by atoms with Gasteiger partial charge in [0.25, 0.3) is 5.91 Å². The molecule has 0 aliphatic heterocycles. The van der Waals surface area contributed by atoms with Gasteiger partial charge in [-0.2, -0.15) is 5.10 Å². The molecule has 0 saturated heterocycles. The zero-order chi connectivity index (χ0) is 16.4. The monoisotopic (exact) mass is 326 g/mol. The Morgan fingerprint density at radius 3 is 2.82 bits per heavy atom. The van der Waals surface area contributed by atoms with E-state index in [0.717, 1.165) is 17.8 Å². The van der Waals surface area contributed by atoms with Crippen LogP contribution in [-0.2, 0) is 6.54 Å². The zero-order valence-corrected chi connectivity index (χ0v) is 13.0. The van der Waals surface area contributed by atoms with Crippen molar-refractivity contribution in [1.82, 2.24) is 25.3 Å². The quantitative estimate of drug-likeness (QED) is 0.643. The van der Waals surface area contributed by atoms with Gasteiger partial charge in [0.15, 0.2) is 10.7 Å². The second kappa shape index (κ2) is 6.14. The van der Waals surface area contributed by atoms with Crippen molar-refractivity contribution in [2.75, 3.05) is 0 Å². The lowest BCUT2D eigenvalue weighted by Crippen LogP contribution is -2.27. The van der Waals surface area contributed by atoms with Gasteiger partial charge in [-0.1, -0.05) is 16.7 Å². The van der Waals surface area contributed by atoms with Gasteiger partial charge in [0, 0.05) is 18.3 Å². The fourth-order valence-corrected chi connectivity index (χ4v) is 2.29. The van der Waals surface area contributed by atoms with Crippen molar-refractivity contribution in [3.63, 3.8) is 0 Å². The van der Waals surface area contributed by atoms with Gasteiger partial charge in [-0.15, -0.1) is 5.10 Å². The largest absolute Gasteiger partial charge is 0.362 e. The van der Waals surface area contributed by atoms with E-state index in [1.807, 2.05) is 20.0 Å². The molecule has 0 radical (unpaired) electrons. The second-order valence-electron chi connectivity index (χ2n) is 4.71. The molecule has 0 saturated carbocycles. The van der Waals surface area contributed by atoms with Crippen LogP contribution in [-0.4, -0.2) is 30.8 Å². The van der Waals surface area contributed by atoms with E-state index in [1.165, 1.54) is 0 Å². The van der Waals surface area contributed by atoms with Crippen LogP contribution in [0, 0.1) is 17.0 Å². The van der Waals surface area contributed by atoms with Gasteiger partial charge >= 0.3 is 5.82 Å². The van der Waals surface area contributed by atoms with Gasteiger partial charge in [0.1, 0.15) is 0 Å². The molecule has 118 valence electrons. The number of carbonyl (C=O) groups excluding carboxylic acids is 1. The zero-order valence-electron chi connectivity index (χ0n) is 12.3. The van der Waals surface area contributed by atoms with Crippen molar-refractivity contribution in [2.45, 2.75) is 33.4 Å². The maximum atomic E-state index is 12.1. The molecule has 2 heterocycles. The van der Waals surface area contributed by atoms with Crippen LogP contribution in [0.15, 0.2) is 6.20 Å². The Morgan fingerprint density at radius 2 is 2.32 bits per heavy atom. The van der Waals surface area contributed by atoms with Crippen LogP contribution in [0.2, 0.25) is 5.02 Å². The van der Waals surface area contributed by atoms with E-state index >= 15 is 0 Å². The molecule has 1 atom stereocenters. The predicted molar refractivity (Wildman–Crippen MR) is 78.8 cm³/mol. The normalized spacial score (nSPS) is 12.2. The van der Waals surface area contributed by atoms with E-state index in [9.17, 15) is 14.9 Å². The molecule has 2 N–H and O–H groups in total.